The summed E-state index contributed by atoms with van der Waals surface area (Å²) >= 11 is 0. The molecule has 0 aromatic carbocycles. The summed E-state index contributed by atoms with van der Waals surface area (Å²) in [6, 6.07) is 0. The Labute approximate surface area is 70.4 Å². The van der Waals surface area contributed by atoms with Crippen molar-refractivity contribution < 1.29 is 9.59 Å². The maximum absolute atomic E-state index is 11.0. The predicted octanol–water partition coefficient (Wildman–Crippen LogP) is 0.282. The van der Waals surface area contributed by atoms with E-state index < -0.39 is 0 Å². The molecule has 2 aliphatic rings. The molecular formula is C9H9NO2. The van der Waals surface area contributed by atoms with E-state index in [2.05, 4.69) is 0 Å². The standard InChI is InChI=1S/C9H9NO2/c1-10-8(12)6-9(10)4-2-7(11)3-5-9/h2-5H,6H2,1H3. The Morgan fingerprint density at radius 1 is 1.33 bits per heavy atom. The van der Waals surface area contributed by atoms with Gasteiger partial charge in [-0.1, -0.05) is 12.2 Å². The van der Waals surface area contributed by atoms with Crippen molar-refractivity contribution in [3.8, 4) is 0 Å². The molecule has 0 aromatic heterocycles. The maximum atomic E-state index is 11.0. The highest BCUT2D eigenvalue weighted by atomic mass is 16.2. The summed E-state index contributed by atoms with van der Waals surface area (Å²) < 4.78 is 0. The summed E-state index contributed by atoms with van der Waals surface area (Å²) in [5.74, 6) is 0.118. The van der Waals surface area contributed by atoms with Crippen LogP contribution in [0, 0.1) is 0 Å². The monoisotopic (exact) mass is 163 g/mol. The Morgan fingerprint density at radius 3 is 2.33 bits per heavy atom. The molecule has 2 rings (SSSR count). The highest BCUT2D eigenvalue weighted by Crippen LogP contribution is 2.34. The van der Waals surface area contributed by atoms with Crippen LogP contribution >= 0.6 is 0 Å². The normalized spacial score (nSPS) is 24.9. The number of β-lactam (4-membered cyclic amide) rings is 1. The number of carbonyl (C=O) groups excluding carboxylic acids is 2. The van der Waals surface area contributed by atoms with Crippen LogP contribution in [0.15, 0.2) is 24.3 Å². The molecule has 1 fully saturated rings. The number of nitrogens with zero attached hydrogens (tertiary/aromatic N) is 1. The Morgan fingerprint density at radius 2 is 1.92 bits per heavy atom. The van der Waals surface area contributed by atoms with Gasteiger partial charge in [-0.05, 0) is 12.2 Å². The van der Waals surface area contributed by atoms with Gasteiger partial charge in [0.15, 0.2) is 5.78 Å². The van der Waals surface area contributed by atoms with E-state index in [9.17, 15) is 9.59 Å². The third kappa shape index (κ3) is 0.763. The first-order chi connectivity index (χ1) is 5.64. The first-order valence-electron chi connectivity index (χ1n) is 3.83. The van der Waals surface area contributed by atoms with Crippen LogP contribution in [-0.2, 0) is 9.59 Å². The fourth-order valence-corrected chi connectivity index (χ4v) is 1.53. The predicted molar refractivity (Wildman–Crippen MR) is 43.4 cm³/mol. The third-order valence-corrected chi connectivity index (χ3v) is 2.51. The van der Waals surface area contributed by atoms with Crippen LogP contribution in [0.4, 0.5) is 0 Å². The lowest BCUT2D eigenvalue weighted by atomic mass is 9.81. The minimum Gasteiger partial charge on any atom is -0.332 e. The summed E-state index contributed by atoms with van der Waals surface area (Å²) in [6.07, 6.45) is 7.10. The van der Waals surface area contributed by atoms with E-state index in [0.29, 0.717) is 6.42 Å². The Kier molecular flexibility index (Phi) is 1.25. The smallest absolute Gasteiger partial charge is 0.226 e. The molecule has 62 valence electrons. The summed E-state index contributed by atoms with van der Waals surface area (Å²) in [4.78, 5) is 23.4. The van der Waals surface area contributed by atoms with Crippen LogP contribution in [0.5, 0.6) is 0 Å². The lowest BCUT2D eigenvalue weighted by Gasteiger charge is -2.47. The largest absolute Gasteiger partial charge is 0.332 e. The molecular weight excluding hydrogens is 154 g/mol. The first kappa shape index (κ1) is 7.28. The second-order valence-electron chi connectivity index (χ2n) is 3.19. The van der Waals surface area contributed by atoms with Gasteiger partial charge in [0.1, 0.15) is 0 Å². The number of likely N-dealkylation sites (N-methyl/N-ethyl adjacent to an activating group) is 1. The minimum absolute atomic E-state index is 0.00614. The lowest BCUT2D eigenvalue weighted by Crippen LogP contribution is -2.59. The zero-order valence-electron chi connectivity index (χ0n) is 6.78. The Bertz CT molecular complexity index is 298. The molecule has 12 heavy (non-hydrogen) atoms. The average molecular weight is 163 g/mol. The molecule has 1 heterocycles. The Balaban J connectivity index is 2.27. The molecule has 3 nitrogen and oxygen atoms in total. The molecule has 1 saturated heterocycles. The molecule has 0 N–H and O–H groups in total. The molecule has 1 spiro atoms. The second kappa shape index (κ2) is 2.06. The Hall–Kier alpha value is -1.38. The van der Waals surface area contributed by atoms with E-state index in [0.717, 1.165) is 0 Å². The van der Waals surface area contributed by atoms with E-state index in [1.54, 1.807) is 24.1 Å². The molecule has 1 amide bonds. The number of amides is 1. The van der Waals surface area contributed by atoms with Crippen molar-refractivity contribution in [1.29, 1.82) is 0 Å². The number of likely N-dealkylation sites (tertiary alicyclic amines) is 1. The number of hydrogen-bond acceptors (Lipinski definition) is 2. The number of hydrogen-bond donors (Lipinski definition) is 0. The zero-order valence-corrected chi connectivity index (χ0v) is 6.78. The SMILES string of the molecule is CN1C(=O)CC12C=CC(=O)C=C2. The van der Waals surface area contributed by atoms with E-state index in [-0.39, 0.29) is 17.2 Å². The van der Waals surface area contributed by atoms with Crippen LogP contribution in [0.25, 0.3) is 0 Å². The number of rotatable bonds is 0. The van der Waals surface area contributed by atoms with Gasteiger partial charge >= 0.3 is 0 Å². The first-order valence-corrected chi connectivity index (χ1v) is 3.83. The van der Waals surface area contributed by atoms with Crippen LogP contribution in [0.3, 0.4) is 0 Å². The molecule has 0 radical (unpaired) electrons. The molecule has 0 saturated carbocycles. The minimum atomic E-state index is -0.287. The summed E-state index contributed by atoms with van der Waals surface area (Å²) in [5.41, 5.74) is -0.287. The highest BCUT2D eigenvalue weighted by molar-refractivity contribution is 6.02. The van der Waals surface area contributed by atoms with Gasteiger partial charge in [0, 0.05) is 7.05 Å². The number of allylic oxidation sites excluding steroid dienone is 2. The molecule has 3 heteroatoms. The topological polar surface area (TPSA) is 37.4 Å². The van der Waals surface area contributed by atoms with Crippen molar-refractivity contribution in [3.63, 3.8) is 0 Å². The van der Waals surface area contributed by atoms with Gasteiger partial charge in [0.25, 0.3) is 0 Å². The van der Waals surface area contributed by atoms with Crippen LogP contribution in [0.2, 0.25) is 0 Å². The van der Waals surface area contributed by atoms with Crippen molar-refractivity contribution in [2.75, 3.05) is 7.05 Å². The van der Waals surface area contributed by atoms with Crippen molar-refractivity contribution in [2.45, 2.75) is 12.0 Å². The molecule has 1 aliphatic heterocycles. The summed E-state index contributed by atoms with van der Waals surface area (Å²) in [5, 5.41) is 0. The number of ketones is 1. The fraction of sp³-hybridized carbons (Fsp3) is 0.333. The average Bonchev–Trinajstić information content (AvgIpc) is 2.09. The van der Waals surface area contributed by atoms with Crippen molar-refractivity contribution >= 4 is 11.7 Å². The van der Waals surface area contributed by atoms with Crippen LogP contribution in [0.1, 0.15) is 6.42 Å². The van der Waals surface area contributed by atoms with Crippen molar-refractivity contribution in [1.82, 2.24) is 4.90 Å². The van der Waals surface area contributed by atoms with Crippen LogP contribution in [-0.4, -0.2) is 29.2 Å². The zero-order chi connectivity index (χ0) is 8.77. The van der Waals surface area contributed by atoms with Crippen molar-refractivity contribution in [3.05, 3.63) is 24.3 Å². The molecule has 0 bridgehead atoms. The fourth-order valence-electron chi connectivity index (χ4n) is 1.53. The van der Waals surface area contributed by atoms with E-state index >= 15 is 0 Å². The van der Waals surface area contributed by atoms with Gasteiger partial charge in [-0.2, -0.15) is 0 Å². The van der Waals surface area contributed by atoms with Gasteiger partial charge < -0.3 is 4.90 Å². The molecule has 0 unspecified atom stereocenters. The molecule has 1 aliphatic carbocycles. The van der Waals surface area contributed by atoms with Gasteiger partial charge in [0.05, 0.1) is 12.0 Å². The van der Waals surface area contributed by atoms with Crippen LogP contribution < -0.4 is 0 Å². The maximum Gasteiger partial charge on any atom is 0.226 e. The lowest BCUT2D eigenvalue weighted by molar-refractivity contribution is -0.146. The van der Waals surface area contributed by atoms with Gasteiger partial charge in [-0.25, -0.2) is 0 Å². The van der Waals surface area contributed by atoms with E-state index in [4.69, 9.17) is 0 Å². The third-order valence-electron chi connectivity index (χ3n) is 2.51. The summed E-state index contributed by atoms with van der Waals surface area (Å²) in [7, 11) is 1.75. The van der Waals surface area contributed by atoms with Gasteiger partial charge in [0.2, 0.25) is 5.91 Å². The van der Waals surface area contributed by atoms with Crippen molar-refractivity contribution in [2.24, 2.45) is 0 Å². The summed E-state index contributed by atoms with van der Waals surface area (Å²) in [6.45, 7) is 0. The van der Waals surface area contributed by atoms with Gasteiger partial charge in [-0.15, -0.1) is 0 Å². The number of carbonyl (C=O) groups is 2. The van der Waals surface area contributed by atoms with Gasteiger partial charge in [-0.3, -0.25) is 9.59 Å². The highest BCUT2D eigenvalue weighted by Gasteiger charge is 2.45. The second-order valence-corrected chi connectivity index (χ2v) is 3.19. The van der Waals surface area contributed by atoms with E-state index in [1.807, 2.05) is 0 Å². The molecule has 0 atom stereocenters. The quantitative estimate of drug-likeness (QED) is 0.481. The van der Waals surface area contributed by atoms with E-state index in [1.165, 1.54) is 12.2 Å². The molecule has 0 aromatic rings.